The number of aliphatic hydroxyl groups is 1. The van der Waals surface area contributed by atoms with Crippen molar-refractivity contribution in [2.45, 2.75) is 13.2 Å². The van der Waals surface area contributed by atoms with E-state index < -0.39 is 12.7 Å². The van der Waals surface area contributed by atoms with Crippen molar-refractivity contribution in [3.63, 3.8) is 0 Å². The summed E-state index contributed by atoms with van der Waals surface area (Å²) < 4.78 is 32.6. The highest BCUT2D eigenvalue weighted by Crippen LogP contribution is 2.24. The minimum absolute atomic E-state index is 0.238. The van der Waals surface area contributed by atoms with Gasteiger partial charge in [0.1, 0.15) is 5.52 Å². The lowest BCUT2D eigenvalue weighted by molar-refractivity contribution is -0.0664. The zero-order valence-corrected chi connectivity index (χ0v) is 7.48. The topological polar surface area (TPSA) is 55.5 Å². The van der Waals surface area contributed by atoms with Crippen molar-refractivity contribution in [1.82, 2.24) is 4.98 Å². The molecule has 15 heavy (non-hydrogen) atoms. The Morgan fingerprint density at radius 3 is 2.93 bits per heavy atom. The molecule has 0 saturated heterocycles. The predicted molar refractivity (Wildman–Crippen MR) is 46.6 cm³/mol. The molecule has 0 bridgehead atoms. The first-order valence-electron chi connectivity index (χ1n) is 4.15. The first-order chi connectivity index (χ1) is 7.20. The second kappa shape index (κ2) is 3.82. The summed E-state index contributed by atoms with van der Waals surface area (Å²) in [6.45, 7) is -3.21. The van der Waals surface area contributed by atoms with Crippen LogP contribution in [0.2, 0.25) is 0 Å². The lowest BCUT2D eigenvalue weighted by Gasteiger charge is -1.94. The fourth-order valence-corrected chi connectivity index (χ4v) is 1.24. The Labute approximate surface area is 83.1 Å². The molecule has 2 rings (SSSR count). The van der Waals surface area contributed by atoms with E-state index in [1.54, 1.807) is 18.2 Å². The van der Waals surface area contributed by atoms with Crippen molar-refractivity contribution >= 4 is 11.1 Å². The average molecular weight is 215 g/mol. The second-order valence-electron chi connectivity index (χ2n) is 2.78. The Morgan fingerprint density at radius 2 is 2.27 bits per heavy atom. The molecule has 0 saturated carbocycles. The predicted octanol–water partition coefficient (Wildman–Crippen LogP) is 1.92. The molecule has 0 amide bonds. The standard InChI is InChI=1S/C9H7F2NO3/c10-8(11)15-9-12-7-5(4-13)2-1-3-6(7)14-9/h1-3,8,13H,4H2. The van der Waals surface area contributed by atoms with E-state index in [1.807, 2.05) is 0 Å². The summed E-state index contributed by atoms with van der Waals surface area (Å²) >= 11 is 0. The van der Waals surface area contributed by atoms with Gasteiger partial charge in [-0.05, 0) is 6.07 Å². The van der Waals surface area contributed by atoms with Crippen LogP contribution in [-0.4, -0.2) is 16.7 Å². The quantitative estimate of drug-likeness (QED) is 0.849. The number of fused-ring (bicyclic) bond motifs is 1. The number of ether oxygens (including phenoxy) is 1. The monoisotopic (exact) mass is 215 g/mol. The van der Waals surface area contributed by atoms with Crippen molar-refractivity contribution in [2.24, 2.45) is 0 Å². The van der Waals surface area contributed by atoms with Gasteiger partial charge >= 0.3 is 12.7 Å². The number of benzene rings is 1. The fourth-order valence-electron chi connectivity index (χ4n) is 1.24. The van der Waals surface area contributed by atoms with Crippen LogP contribution in [0.5, 0.6) is 6.08 Å². The molecule has 0 fully saturated rings. The molecule has 0 atom stereocenters. The van der Waals surface area contributed by atoms with E-state index >= 15 is 0 Å². The molecule has 0 aliphatic rings. The number of rotatable bonds is 3. The number of oxazole rings is 1. The molecule has 1 aromatic carbocycles. The third kappa shape index (κ3) is 1.89. The maximum atomic E-state index is 11.9. The first-order valence-corrected chi connectivity index (χ1v) is 4.15. The number of alkyl halides is 2. The Balaban J connectivity index is 2.45. The van der Waals surface area contributed by atoms with Gasteiger partial charge in [-0.15, -0.1) is 0 Å². The Kier molecular flexibility index (Phi) is 2.51. The number of aromatic nitrogens is 1. The van der Waals surface area contributed by atoms with E-state index in [-0.39, 0.29) is 6.61 Å². The number of para-hydroxylation sites is 1. The van der Waals surface area contributed by atoms with E-state index in [4.69, 9.17) is 9.52 Å². The van der Waals surface area contributed by atoms with Crippen molar-refractivity contribution in [3.8, 4) is 6.08 Å². The van der Waals surface area contributed by atoms with Gasteiger partial charge in [0.05, 0.1) is 6.61 Å². The molecule has 0 spiro atoms. The lowest BCUT2D eigenvalue weighted by Crippen LogP contribution is -2.01. The number of hydrogen-bond acceptors (Lipinski definition) is 4. The van der Waals surface area contributed by atoms with Crippen LogP contribution in [0.25, 0.3) is 11.1 Å². The van der Waals surface area contributed by atoms with Gasteiger partial charge in [-0.2, -0.15) is 13.8 Å². The van der Waals surface area contributed by atoms with Gasteiger partial charge in [0.2, 0.25) is 0 Å². The molecule has 80 valence electrons. The van der Waals surface area contributed by atoms with Gasteiger partial charge < -0.3 is 14.3 Å². The fraction of sp³-hybridized carbons (Fsp3) is 0.222. The Bertz CT molecular complexity index is 469. The van der Waals surface area contributed by atoms with Gasteiger partial charge in [0.25, 0.3) is 0 Å². The number of aliphatic hydroxyl groups excluding tert-OH is 1. The highest BCUT2D eigenvalue weighted by atomic mass is 19.3. The highest BCUT2D eigenvalue weighted by molar-refractivity contribution is 5.76. The summed E-state index contributed by atoms with van der Waals surface area (Å²) in [7, 11) is 0. The summed E-state index contributed by atoms with van der Waals surface area (Å²) in [5.41, 5.74) is 1.13. The molecule has 0 unspecified atom stereocenters. The van der Waals surface area contributed by atoms with E-state index in [9.17, 15) is 8.78 Å². The zero-order valence-electron chi connectivity index (χ0n) is 7.48. The van der Waals surface area contributed by atoms with Crippen molar-refractivity contribution < 1.29 is 23.0 Å². The molecular weight excluding hydrogens is 208 g/mol. The maximum Gasteiger partial charge on any atom is 0.399 e. The molecule has 2 aromatic rings. The zero-order chi connectivity index (χ0) is 10.8. The first kappa shape index (κ1) is 9.85. The normalized spacial score (nSPS) is 11.2. The van der Waals surface area contributed by atoms with E-state index in [2.05, 4.69) is 9.72 Å². The minimum Gasteiger partial charge on any atom is -0.409 e. The van der Waals surface area contributed by atoms with Crippen molar-refractivity contribution in [2.75, 3.05) is 0 Å². The summed E-state index contributed by atoms with van der Waals surface area (Å²) in [6.07, 6.45) is -0.499. The second-order valence-corrected chi connectivity index (χ2v) is 2.78. The van der Waals surface area contributed by atoms with Crippen LogP contribution in [-0.2, 0) is 6.61 Å². The molecule has 6 heteroatoms. The largest absolute Gasteiger partial charge is 0.409 e. The highest BCUT2D eigenvalue weighted by Gasteiger charge is 2.13. The Hall–Kier alpha value is -1.69. The molecule has 0 aliphatic heterocycles. The maximum absolute atomic E-state index is 11.9. The molecule has 1 heterocycles. The van der Waals surface area contributed by atoms with Gasteiger partial charge in [-0.3, -0.25) is 0 Å². The summed E-state index contributed by atoms with van der Waals surface area (Å²) in [5, 5.41) is 8.96. The molecular formula is C9H7F2NO3. The summed E-state index contributed by atoms with van der Waals surface area (Å²) in [4.78, 5) is 3.69. The molecule has 1 N–H and O–H groups in total. The smallest absolute Gasteiger partial charge is 0.399 e. The number of nitrogens with zero attached hydrogens (tertiary/aromatic N) is 1. The van der Waals surface area contributed by atoms with E-state index in [0.717, 1.165) is 0 Å². The van der Waals surface area contributed by atoms with Crippen LogP contribution in [0, 0.1) is 0 Å². The summed E-state index contributed by atoms with van der Waals surface area (Å²) in [6, 6.07) is 4.81. The minimum atomic E-state index is -2.98. The lowest BCUT2D eigenvalue weighted by atomic mass is 10.2. The SMILES string of the molecule is OCc1cccc2oc(OC(F)F)nc12. The summed E-state index contributed by atoms with van der Waals surface area (Å²) in [5.74, 6) is 0. The van der Waals surface area contributed by atoms with E-state index in [1.165, 1.54) is 0 Å². The molecule has 0 aliphatic carbocycles. The van der Waals surface area contributed by atoms with Crippen molar-refractivity contribution in [1.29, 1.82) is 0 Å². The van der Waals surface area contributed by atoms with Gasteiger partial charge in [0, 0.05) is 5.56 Å². The van der Waals surface area contributed by atoms with Crippen molar-refractivity contribution in [3.05, 3.63) is 23.8 Å². The average Bonchev–Trinajstić information content (AvgIpc) is 2.58. The van der Waals surface area contributed by atoms with E-state index in [0.29, 0.717) is 16.7 Å². The van der Waals surface area contributed by atoms with Crippen LogP contribution >= 0.6 is 0 Å². The van der Waals surface area contributed by atoms with Crippen LogP contribution in [0.15, 0.2) is 22.6 Å². The van der Waals surface area contributed by atoms with Gasteiger partial charge in [0.15, 0.2) is 5.58 Å². The molecule has 1 aromatic heterocycles. The third-order valence-corrected chi connectivity index (χ3v) is 1.84. The molecule has 0 radical (unpaired) electrons. The number of halogens is 2. The van der Waals surface area contributed by atoms with Crippen LogP contribution in [0.1, 0.15) is 5.56 Å². The number of hydrogen-bond donors (Lipinski definition) is 1. The molecule has 4 nitrogen and oxygen atoms in total. The van der Waals surface area contributed by atoms with Crippen LogP contribution < -0.4 is 4.74 Å². The van der Waals surface area contributed by atoms with Crippen LogP contribution in [0.4, 0.5) is 8.78 Å². The van der Waals surface area contributed by atoms with Crippen LogP contribution in [0.3, 0.4) is 0 Å². The Morgan fingerprint density at radius 1 is 1.47 bits per heavy atom. The van der Waals surface area contributed by atoms with Gasteiger partial charge in [-0.1, -0.05) is 12.1 Å². The van der Waals surface area contributed by atoms with Gasteiger partial charge in [-0.25, -0.2) is 0 Å². The third-order valence-electron chi connectivity index (χ3n) is 1.84.